The van der Waals surface area contributed by atoms with E-state index in [0.29, 0.717) is 17.2 Å². The van der Waals surface area contributed by atoms with Crippen LogP contribution in [0.4, 0.5) is 0 Å². The highest BCUT2D eigenvalue weighted by atomic mass is 79.9. The number of hydrogen-bond donors (Lipinski definition) is 1. The van der Waals surface area contributed by atoms with Gasteiger partial charge in [-0.2, -0.15) is 0 Å². The minimum atomic E-state index is -0.604. The Morgan fingerprint density at radius 2 is 1.74 bits per heavy atom. The van der Waals surface area contributed by atoms with Crippen molar-refractivity contribution in [2.45, 2.75) is 78.4 Å². The molecule has 2 atom stereocenters. The summed E-state index contributed by atoms with van der Waals surface area (Å²) >= 11 is 9.59. The summed E-state index contributed by atoms with van der Waals surface area (Å²) in [5.41, 5.74) is 2.06. The van der Waals surface area contributed by atoms with E-state index in [0.717, 1.165) is 22.0 Å². The van der Waals surface area contributed by atoms with Gasteiger partial charge in [0.25, 0.3) is 5.91 Å². The van der Waals surface area contributed by atoms with Crippen LogP contribution >= 0.6 is 27.5 Å². The monoisotopic (exact) mass is 550 g/mol. The molecule has 186 valence electrons. The number of halogens is 2. The Bertz CT molecular complexity index is 973. The lowest BCUT2D eigenvalue weighted by atomic mass is 9.87. The number of ether oxygens (including phenoxy) is 1. The van der Waals surface area contributed by atoms with Gasteiger partial charge in [-0.15, -0.1) is 0 Å². The fourth-order valence-electron chi connectivity index (χ4n) is 3.45. The molecule has 0 saturated carbocycles. The molecule has 0 bridgehead atoms. The average Bonchev–Trinajstić information content (AvgIpc) is 2.78. The summed E-state index contributed by atoms with van der Waals surface area (Å²) in [6.45, 7) is 12.4. The summed E-state index contributed by atoms with van der Waals surface area (Å²) < 4.78 is 6.68. The Kier molecular flexibility index (Phi) is 10.4. The van der Waals surface area contributed by atoms with Gasteiger partial charge >= 0.3 is 0 Å². The summed E-state index contributed by atoms with van der Waals surface area (Å²) in [6.07, 6.45) is 1.31. The minimum absolute atomic E-state index is 0.00356. The molecule has 5 nitrogen and oxygen atoms in total. The second-order valence-electron chi connectivity index (χ2n) is 9.57. The molecule has 0 saturated heterocycles. The van der Waals surface area contributed by atoms with Crippen LogP contribution in [0.3, 0.4) is 0 Å². The average molecular weight is 552 g/mol. The highest BCUT2D eigenvalue weighted by Crippen LogP contribution is 2.31. The van der Waals surface area contributed by atoms with Gasteiger partial charge in [-0.3, -0.25) is 9.59 Å². The van der Waals surface area contributed by atoms with E-state index in [1.165, 1.54) is 0 Å². The zero-order valence-electron chi connectivity index (χ0n) is 21.0. The van der Waals surface area contributed by atoms with Crippen LogP contribution < -0.4 is 10.1 Å². The maximum atomic E-state index is 13.4. The van der Waals surface area contributed by atoms with Gasteiger partial charge in [-0.1, -0.05) is 64.4 Å². The van der Waals surface area contributed by atoms with E-state index >= 15 is 0 Å². The quantitative estimate of drug-likeness (QED) is 0.367. The van der Waals surface area contributed by atoms with Crippen LogP contribution in [-0.4, -0.2) is 35.4 Å². The smallest absolute Gasteiger partial charge is 0.261 e. The highest BCUT2D eigenvalue weighted by Gasteiger charge is 2.29. The molecule has 2 aromatic carbocycles. The van der Waals surface area contributed by atoms with E-state index in [1.54, 1.807) is 17.0 Å². The summed E-state index contributed by atoms with van der Waals surface area (Å²) in [5.74, 6) is 0.174. The van der Waals surface area contributed by atoms with Crippen molar-refractivity contribution in [3.8, 4) is 5.75 Å². The molecule has 0 radical (unpaired) electrons. The van der Waals surface area contributed by atoms with Gasteiger partial charge < -0.3 is 15.0 Å². The number of hydrogen-bond acceptors (Lipinski definition) is 3. The summed E-state index contributed by atoms with van der Waals surface area (Å²) in [7, 11) is 0. The van der Waals surface area contributed by atoms with Gasteiger partial charge in [0.2, 0.25) is 5.91 Å². The molecule has 2 rings (SSSR count). The van der Waals surface area contributed by atoms with Crippen molar-refractivity contribution in [3.63, 3.8) is 0 Å². The number of amides is 2. The second kappa shape index (κ2) is 12.6. The maximum absolute atomic E-state index is 13.4. The van der Waals surface area contributed by atoms with E-state index in [2.05, 4.69) is 42.0 Å². The molecular formula is C27H36BrClN2O3. The van der Waals surface area contributed by atoms with Gasteiger partial charge in [-0.05, 0) is 76.5 Å². The maximum Gasteiger partial charge on any atom is 0.261 e. The van der Waals surface area contributed by atoms with Gasteiger partial charge in [0.15, 0.2) is 6.61 Å². The van der Waals surface area contributed by atoms with Crippen molar-refractivity contribution < 1.29 is 14.3 Å². The van der Waals surface area contributed by atoms with Crippen molar-refractivity contribution in [1.29, 1.82) is 0 Å². The van der Waals surface area contributed by atoms with Crippen molar-refractivity contribution in [3.05, 3.63) is 63.1 Å². The number of carbonyl (C=O) groups is 2. The molecule has 2 amide bonds. The fourth-order valence-corrected chi connectivity index (χ4v) is 4.07. The largest absolute Gasteiger partial charge is 0.483 e. The molecular weight excluding hydrogens is 516 g/mol. The zero-order chi connectivity index (χ0) is 25.5. The number of nitrogens with one attached hydrogen (secondary N) is 1. The van der Waals surface area contributed by atoms with E-state index in [9.17, 15) is 9.59 Å². The minimum Gasteiger partial charge on any atom is -0.483 e. The van der Waals surface area contributed by atoms with E-state index in [1.807, 2.05) is 51.1 Å². The molecule has 2 aromatic rings. The molecule has 7 heteroatoms. The SMILES string of the molecule is CC[C@H](C)NC(=O)[C@H](CC)N(Cc1ccc(Cl)cc1)C(=O)COc1ccc(C(C)(C)C)cc1Br. The Hall–Kier alpha value is -2.05. The number of nitrogens with zero attached hydrogens (tertiary/aromatic N) is 1. The van der Waals surface area contributed by atoms with Crippen LogP contribution in [0, 0.1) is 0 Å². The third-order valence-electron chi connectivity index (χ3n) is 5.80. The first-order valence-electron chi connectivity index (χ1n) is 11.7. The lowest BCUT2D eigenvalue weighted by Crippen LogP contribution is -2.51. The van der Waals surface area contributed by atoms with E-state index in [-0.39, 0.29) is 36.4 Å². The number of carbonyl (C=O) groups excluding carboxylic acids is 2. The fraction of sp³-hybridized carbons (Fsp3) is 0.481. The topological polar surface area (TPSA) is 58.6 Å². The first-order chi connectivity index (χ1) is 16.0. The van der Waals surface area contributed by atoms with Crippen LogP contribution in [0.1, 0.15) is 65.5 Å². The molecule has 0 fully saturated rings. The van der Waals surface area contributed by atoms with Crippen molar-refractivity contribution in [2.75, 3.05) is 6.61 Å². The van der Waals surface area contributed by atoms with Crippen LogP contribution in [0.2, 0.25) is 5.02 Å². The summed E-state index contributed by atoms with van der Waals surface area (Å²) in [4.78, 5) is 28.0. The molecule has 0 aliphatic rings. The Balaban J connectivity index is 2.24. The predicted molar refractivity (Wildman–Crippen MR) is 142 cm³/mol. The Labute approximate surface area is 217 Å². The van der Waals surface area contributed by atoms with E-state index in [4.69, 9.17) is 16.3 Å². The predicted octanol–water partition coefficient (Wildman–Crippen LogP) is 6.50. The van der Waals surface area contributed by atoms with Gasteiger partial charge in [0.1, 0.15) is 11.8 Å². The lowest BCUT2D eigenvalue weighted by molar-refractivity contribution is -0.143. The van der Waals surface area contributed by atoms with Gasteiger partial charge in [-0.25, -0.2) is 0 Å². The van der Waals surface area contributed by atoms with Crippen molar-refractivity contribution in [1.82, 2.24) is 10.2 Å². The normalized spacial score (nSPS) is 13.2. The molecule has 0 unspecified atom stereocenters. The molecule has 0 heterocycles. The second-order valence-corrected chi connectivity index (χ2v) is 10.9. The summed E-state index contributed by atoms with van der Waals surface area (Å²) in [5, 5.41) is 3.63. The third-order valence-corrected chi connectivity index (χ3v) is 6.67. The van der Waals surface area contributed by atoms with Crippen LogP contribution in [0.25, 0.3) is 0 Å². The third kappa shape index (κ3) is 8.02. The standard InChI is InChI=1S/C27H36BrClN2O3/c1-7-18(3)30-26(33)23(8-2)31(16-19-9-12-21(29)13-10-19)25(32)17-34-24-14-11-20(15-22(24)28)27(4,5)6/h9-15,18,23H,7-8,16-17H2,1-6H3,(H,30,33)/t18-,23-/m0/s1. The van der Waals surface area contributed by atoms with Crippen LogP contribution in [0.15, 0.2) is 46.9 Å². The van der Waals surface area contributed by atoms with Crippen molar-refractivity contribution >= 4 is 39.3 Å². The first-order valence-corrected chi connectivity index (χ1v) is 12.9. The lowest BCUT2D eigenvalue weighted by Gasteiger charge is -2.31. The molecule has 0 aliphatic carbocycles. The highest BCUT2D eigenvalue weighted by molar-refractivity contribution is 9.10. The first kappa shape index (κ1) is 28.2. The Morgan fingerprint density at radius 1 is 1.09 bits per heavy atom. The van der Waals surface area contributed by atoms with Gasteiger partial charge in [0, 0.05) is 17.6 Å². The van der Waals surface area contributed by atoms with Crippen molar-refractivity contribution in [2.24, 2.45) is 0 Å². The molecule has 0 aliphatic heterocycles. The number of benzene rings is 2. The molecule has 34 heavy (non-hydrogen) atoms. The Morgan fingerprint density at radius 3 is 2.26 bits per heavy atom. The summed E-state index contributed by atoms with van der Waals surface area (Å²) in [6, 6.07) is 12.6. The van der Waals surface area contributed by atoms with Gasteiger partial charge in [0.05, 0.1) is 4.47 Å². The zero-order valence-corrected chi connectivity index (χ0v) is 23.3. The van der Waals surface area contributed by atoms with E-state index < -0.39 is 6.04 Å². The molecule has 0 aromatic heterocycles. The number of rotatable bonds is 10. The molecule has 1 N–H and O–H groups in total. The van der Waals surface area contributed by atoms with Crippen LogP contribution in [-0.2, 0) is 21.5 Å². The van der Waals surface area contributed by atoms with Crippen LogP contribution in [0.5, 0.6) is 5.75 Å². The molecule has 0 spiro atoms.